The van der Waals surface area contributed by atoms with Crippen LogP contribution in [0.3, 0.4) is 0 Å². The standard InChI is InChI=1S/C10H16N2O4/c1-5(10(14)15)8(13)7-6(2)11-12(3)9(7)16-4/h5,8,13H,1-4H3,(H,14,15). The molecule has 0 amide bonds. The van der Waals surface area contributed by atoms with Crippen molar-refractivity contribution in [3.8, 4) is 5.88 Å². The number of hydrogen-bond donors (Lipinski definition) is 2. The van der Waals surface area contributed by atoms with Crippen LogP contribution in [0, 0.1) is 12.8 Å². The smallest absolute Gasteiger partial charge is 0.309 e. The number of rotatable bonds is 4. The van der Waals surface area contributed by atoms with Gasteiger partial charge in [-0.25, -0.2) is 4.68 Å². The molecule has 0 saturated carbocycles. The molecule has 1 aromatic rings. The van der Waals surface area contributed by atoms with Crippen LogP contribution in [0.4, 0.5) is 0 Å². The summed E-state index contributed by atoms with van der Waals surface area (Å²) in [6.45, 7) is 3.15. The quantitative estimate of drug-likeness (QED) is 0.783. The Balaban J connectivity index is 3.16. The van der Waals surface area contributed by atoms with Gasteiger partial charge in [0.05, 0.1) is 30.4 Å². The van der Waals surface area contributed by atoms with Gasteiger partial charge in [-0.1, -0.05) is 0 Å². The van der Waals surface area contributed by atoms with Crippen LogP contribution in [0.15, 0.2) is 0 Å². The van der Waals surface area contributed by atoms with Crippen LogP contribution < -0.4 is 4.74 Å². The Kier molecular flexibility index (Phi) is 3.54. The second kappa shape index (κ2) is 4.52. The van der Waals surface area contributed by atoms with E-state index in [0.29, 0.717) is 17.1 Å². The summed E-state index contributed by atoms with van der Waals surface area (Å²) in [4.78, 5) is 10.8. The number of hydrogen-bond acceptors (Lipinski definition) is 4. The minimum absolute atomic E-state index is 0.387. The van der Waals surface area contributed by atoms with Gasteiger partial charge < -0.3 is 14.9 Å². The van der Waals surface area contributed by atoms with Crippen molar-refractivity contribution in [3.05, 3.63) is 11.3 Å². The summed E-state index contributed by atoms with van der Waals surface area (Å²) in [5.74, 6) is -1.58. The highest BCUT2D eigenvalue weighted by atomic mass is 16.5. The molecule has 2 unspecified atom stereocenters. The summed E-state index contributed by atoms with van der Waals surface area (Å²) in [6, 6.07) is 0. The summed E-state index contributed by atoms with van der Waals surface area (Å²) in [7, 11) is 3.13. The fourth-order valence-corrected chi connectivity index (χ4v) is 1.62. The second-order valence-corrected chi connectivity index (χ2v) is 3.70. The Labute approximate surface area is 93.5 Å². The summed E-state index contributed by atoms with van der Waals surface area (Å²) in [5, 5.41) is 22.9. The van der Waals surface area contributed by atoms with Crippen molar-refractivity contribution in [2.24, 2.45) is 13.0 Å². The fraction of sp³-hybridized carbons (Fsp3) is 0.600. The lowest BCUT2D eigenvalue weighted by atomic mass is 9.98. The third-order valence-electron chi connectivity index (χ3n) is 2.57. The fourth-order valence-electron chi connectivity index (χ4n) is 1.62. The van der Waals surface area contributed by atoms with E-state index in [-0.39, 0.29) is 0 Å². The summed E-state index contributed by atoms with van der Waals surface area (Å²) in [6.07, 6.45) is -1.12. The summed E-state index contributed by atoms with van der Waals surface area (Å²) in [5.41, 5.74) is 1.000. The van der Waals surface area contributed by atoms with Gasteiger partial charge >= 0.3 is 5.97 Å². The predicted molar refractivity (Wildman–Crippen MR) is 56.3 cm³/mol. The van der Waals surface area contributed by atoms with Crippen molar-refractivity contribution in [3.63, 3.8) is 0 Å². The Morgan fingerprint density at radius 3 is 2.56 bits per heavy atom. The number of carbonyl (C=O) groups is 1. The molecule has 2 atom stereocenters. The SMILES string of the molecule is COc1c(C(O)C(C)C(=O)O)c(C)nn1C. The molecule has 6 heteroatoms. The molecular formula is C10H16N2O4. The van der Waals surface area contributed by atoms with E-state index in [1.165, 1.54) is 18.7 Å². The zero-order chi connectivity index (χ0) is 12.5. The molecule has 0 aromatic carbocycles. The maximum atomic E-state index is 10.8. The Hall–Kier alpha value is -1.56. The maximum Gasteiger partial charge on any atom is 0.309 e. The first-order valence-corrected chi connectivity index (χ1v) is 4.88. The van der Waals surface area contributed by atoms with Gasteiger partial charge in [0.2, 0.25) is 5.88 Å². The number of carboxylic acid groups (broad SMARTS) is 1. The van der Waals surface area contributed by atoms with E-state index in [1.807, 2.05) is 0 Å². The highest BCUT2D eigenvalue weighted by Gasteiger charge is 2.29. The van der Waals surface area contributed by atoms with Crippen LogP contribution in [0.5, 0.6) is 5.88 Å². The number of aliphatic hydroxyl groups excluding tert-OH is 1. The van der Waals surface area contributed by atoms with Gasteiger partial charge in [-0.2, -0.15) is 5.10 Å². The number of nitrogens with zero attached hydrogens (tertiary/aromatic N) is 2. The Morgan fingerprint density at radius 1 is 1.56 bits per heavy atom. The molecule has 1 rings (SSSR count). The first-order chi connectivity index (χ1) is 7.40. The normalized spacial score (nSPS) is 14.6. The third-order valence-corrected chi connectivity index (χ3v) is 2.57. The third kappa shape index (κ3) is 2.01. The molecule has 0 bridgehead atoms. The molecule has 0 fully saturated rings. The molecule has 1 aromatic heterocycles. The van der Waals surface area contributed by atoms with Gasteiger partial charge in [-0.3, -0.25) is 4.79 Å². The Morgan fingerprint density at radius 2 is 2.12 bits per heavy atom. The molecular weight excluding hydrogens is 212 g/mol. The van der Waals surface area contributed by atoms with Crippen LogP contribution in [-0.2, 0) is 11.8 Å². The van der Waals surface area contributed by atoms with Gasteiger partial charge in [0.25, 0.3) is 0 Å². The number of aromatic nitrogens is 2. The minimum Gasteiger partial charge on any atom is -0.481 e. The maximum absolute atomic E-state index is 10.8. The zero-order valence-corrected chi connectivity index (χ0v) is 9.76. The molecule has 90 valence electrons. The van der Waals surface area contributed by atoms with Crippen molar-refractivity contribution >= 4 is 5.97 Å². The zero-order valence-electron chi connectivity index (χ0n) is 9.76. The van der Waals surface area contributed by atoms with Crippen LogP contribution in [0.25, 0.3) is 0 Å². The lowest BCUT2D eigenvalue weighted by Crippen LogP contribution is -2.19. The molecule has 16 heavy (non-hydrogen) atoms. The average molecular weight is 228 g/mol. The second-order valence-electron chi connectivity index (χ2n) is 3.70. The predicted octanol–water partition coefficient (Wildman–Crippen LogP) is 0.491. The van der Waals surface area contributed by atoms with Crippen LogP contribution >= 0.6 is 0 Å². The lowest BCUT2D eigenvalue weighted by Gasteiger charge is -2.15. The number of carboxylic acids is 1. The largest absolute Gasteiger partial charge is 0.481 e. The summed E-state index contributed by atoms with van der Waals surface area (Å²) < 4.78 is 6.57. The average Bonchev–Trinajstić information content (AvgIpc) is 2.50. The molecule has 2 N–H and O–H groups in total. The minimum atomic E-state index is -1.12. The number of aliphatic carboxylic acids is 1. The molecule has 1 heterocycles. The monoisotopic (exact) mass is 228 g/mol. The van der Waals surface area contributed by atoms with E-state index >= 15 is 0 Å². The number of aryl methyl sites for hydroxylation is 2. The van der Waals surface area contributed by atoms with Gasteiger partial charge in [0, 0.05) is 7.05 Å². The van der Waals surface area contributed by atoms with E-state index in [9.17, 15) is 9.90 Å². The van der Waals surface area contributed by atoms with Gasteiger partial charge in [-0.15, -0.1) is 0 Å². The number of methoxy groups -OCH3 is 1. The van der Waals surface area contributed by atoms with E-state index < -0.39 is 18.0 Å². The lowest BCUT2D eigenvalue weighted by molar-refractivity contribution is -0.145. The van der Waals surface area contributed by atoms with Crippen molar-refractivity contribution < 1.29 is 19.7 Å². The van der Waals surface area contributed by atoms with Gasteiger partial charge in [0.1, 0.15) is 0 Å². The number of ether oxygens (including phenoxy) is 1. The molecule has 0 aliphatic carbocycles. The van der Waals surface area contributed by atoms with E-state index in [2.05, 4.69) is 5.10 Å². The van der Waals surface area contributed by atoms with Crippen molar-refractivity contribution in [1.82, 2.24) is 9.78 Å². The molecule has 0 spiro atoms. The van der Waals surface area contributed by atoms with Crippen molar-refractivity contribution in [1.29, 1.82) is 0 Å². The van der Waals surface area contributed by atoms with E-state index in [0.717, 1.165) is 0 Å². The van der Waals surface area contributed by atoms with Crippen LogP contribution in [0.2, 0.25) is 0 Å². The van der Waals surface area contributed by atoms with Crippen LogP contribution in [-0.4, -0.2) is 33.1 Å². The Bertz CT molecular complexity index is 400. The molecule has 0 aliphatic heterocycles. The van der Waals surface area contributed by atoms with Gasteiger partial charge in [0.15, 0.2) is 0 Å². The van der Waals surface area contributed by atoms with Crippen molar-refractivity contribution in [2.45, 2.75) is 20.0 Å². The van der Waals surface area contributed by atoms with Crippen molar-refractivity contribution in [2.75, 3.05) is 7.11 Å². The molecule has 6 nitrogen and oxygen atoms in total. The molecule has 0 aliphatic rings. The van der Waals surface area contributed by atoms with E-state index in [4.69, 9.17) is 9.84 Å². The van der Waals surface area contributed by atoms with Crippen LogP contribution in [0.1, 0.15) is 24.3 Å². The number of aliphatic hydroxyl groups is 1. The molecule has 0 saturated heterocycles. The highest BCUT2D eigenvalue weighted by molar-refractivity contribution is 5.70. The molecule has 0 radical (unpaired) electrons. The highest BCUT2D eigenvalue weighted by Crippen LogP contribution is 2.32. The topological polar surface area (TPSA) is 84.6 Å². The summed E-state index contributed by atoms with van der Waals surface area (Å²) >= 11 is 0. The van der Waals surface area contributed by atoms with Gasteiger partial charge in [-0.05, 0) is 13.8 Å². The van der Waals surface area contributed by atoms with E-state index in [1.54, 1.807) is 14.0 Å². The first kappa shape index (κ1) is 12.5. The first-order valence-electron chi connectivity index (χ1n) is 4.88.